The Balaban J connectivity index is 1.60. The number of nitrogens with one attached hydrogen (secondary N) is 1. The molecule has 0 saturated heterocycles. The van der Waals surface area contributed by atoms with E-state index in [0.29, 0.717) is 39.6 Å². The number of hydrogen-bond acceptors (Lipinski definition) is 3. The second kappa shape index (κ2) is 9.81. The molecule has 1 atom stereocenters. The molecule has 1 heterocycles. The van der Waals surface area contributed by atoms with Crippen molar-refractivity contribution in [2.24, 2.45) is 0 Å². The normalized spacial score (nSPS) is 15.5. The van der Waals surface area contributed by atoms with Gasteiger partial charge in [0.15, 0.2) is 6.10 Å². The van der Waals surface area contributed by atoms with E-state index < -0.39 is 6.10 Å². The third-order valence-electron chi connectivity index (χ3n) is 5.41. The summed E-state index contributed by atoms with van der Waals surface area (Å²) in [7, 11) is 0. The Bertz CT molecular complexity index is 1220. The van der Waals surface area contributed by atoms with E-state index in [1.807, 2.05) is 6.92 Å². The lowest BCUT2D eigenvalue weighted by molar-refractivity contribution is -0.139. The number of carbonyl (C=O) groups is 2. The lowest BCUT2D eigenvalue weighted by atomic mass is 10.1. The minimum absolute atomic E-state index is 0.116. The zero-order valence-electron chi connectivity index (χ0n) is 17.8. The average Bonchev–Trinajstić information content (AvgIpc) is 2.93. The Kier molecular flexibility index (Phi) is 6.86. The molecular formula is C25H21Cl2FN2O3. The van der Waals surface area contributed by atoms with Crippen LogP contribution in [0, 0.1) is 5.82 Å². The molecule has 8 heteroatoms. The summed E-state index contributed by atoms with van der Waals surface area (Å²) in [6.07, 6.45) is -0.198. The molecule has 0 spiro atoms. The van der Waals surface area contributed by atoms with Crippen molar-refractivity contribution in [2.45, 2.75) is 32.5 Å². The van der Waals surface area contributed by atoms with Crippen LogP contribution in [0.15, 0.2) is 60.7 Å². The molecule has 0 radical (unpaired) electrons. The Morgan fingerprint density at radius 1 is 1.12 bits per heavy atom. The van der Waals surface area contributed by atoms with Crippen LogP contribution in [-0.4, -0.2) is 22.8 Å². The van der Waals surface area contributed by atoms with E-state index in [1.54, 1.807) is 53.4 Å². The highest BCUT2D eigenvalue weighted by atomic mass is 35.5. The molecule has 5 nitrogen and oxygen atoms in total. The van der Waals surface area contributed by atoms with Crippen LogP contribution < -0.4 is 10.1 Å². The van der Waals surface area contributed by atoms with Gasteiger partial charge < -0.3 is 15.0 Å². The maximum absolute atomic E-state index is 14.2. The summed E-state index contributed by atoms with van der Waals surface area (Å²) in [4.78, 5) is 27.3. The van der Waals surface area contributed by atoms with Crippen molar-refractivity contribution in [3.05, 3.63) is 93.2 Å². The van der Waals surface area contributed by atoms with Gasteiger partial charge in [-0.1, -0.05) is 48.3 Å². The number of halogens is 3. The Labute approximate surface area is 201 Å². The van der Waals surface area contributed by atoms with Crippen LogP contribution in [0.25, 0.3) is 0 Å². The van der Waals surface area contributed by atoms with E-state index in [4.69, 9.17) is 27.9 Å². The number of anilines is 1. The fourth-order valence-electron chi connectivity index (χ4n) is 3.65. The molecular weight excluding hydrogens is 466 g/mol. The number of benzene rings is 3. The standard InChI is InChI=1S/C25H21Cl2FN2O3/c1-2-22-25(32)30(13-16-5-3-4-6-21(16)28)14-17-11-18(8-10-23(17)33-22)29-24(31)15-7-9-19(26)20(27)12-15/h3-12,22H,2,13-14H2,1H3,(H,29,31)/t22-/m1/s1. The highest BCUT2D eigenvalue weighted by Gasteiger charge is 2.30. The van der Waals surface area contributed by atoms with Gasteiger partial charge >= 0.3 is 0 Å². The molecule has 170 valence electrons. The molecule has 0 bridgehead atoms. The van der Waals surface area contributed by atoms with E-state index in [-0.39, 0.29) is 35.7 Å². The minimum atomic E-state index is -0.672. The predicted molar refractivity (Wildman–Crippen MR) is 126 cm³/mol. The number of fused-ring (bicyclic) bond motifs is 1. The summed E-state index contributed by atoms with van der Waals surface area (Å²) in [6, 6.07) is 16.2. The van der Waals surface area contributed by atoms with E-state index in [2.05, 4.69) is 5.32 Å². The molecule has 33 heavy (non-hydrogen) atoms. The topological polar surface area (TPSA) is 58.6 Å². The highest BCUT2D eigenvalue weighted by Crippen LogP contribution is 2.31. The van der Waals surface area contributed by atoms with E-state index in [1.165, 1.54) is 12.1 Å². The van der Waals surface area contributed by atoms with Crippen LogP contribution in [0.4, 0.5) is 10.1 Å². The third kappa shape index (κ3) is 5.13. The molecule has 0 fully saturated rings. The van der Waals surface area contributed by atoms with E-state index in [0.717, 1.165) is 0 Å². The number of nitrogens with zero attached hydrogens (tertiary/aromatic N) is 1. The molecule has 0 saturated carbocycles. The third-order valence-corrected chi connectivity index (χ3v) is 6.15. The number of amides is 2. The van der Waals surface area contributed by atoms with Crippen molar-refractivity contribution in [1.82, 2.24) is 4.90 Å². The summed E-state index contributed by atoms with van der Waals surface area (Å²) in [5.74, 6) is -0.378. The smallest absolute Gasteiger partial charge is 0.264 e. The van der Waals surface area contributed by atoms with Crippen LogP contribution in [-0.2, 0) is 17.9 Å². The second-order valence-electron chi connectivity index (χ2n) is 7.71. The van der Waals surface area contributed by atoms with Gasteiger partial charge in [-0.2, -0.15) is 0 Å². The van der Waals surface area contributed by atoms with Crippen molar-refractivity contribution < 1.29 is 18.7 Å². The van der Waals surface area contributed by atoms with Gasteiger partial charge in [0.2, 0.25) is 0 Å². The number of hydrogen-bond donors (Lipinski definition) is 1. The van der Waals surface area contributed by atoms with Crippen molar-refractivity contribution >= 4 is 40.7 Å². The highest BCUT2D eigenvalue weighted by molar-refractivity contribution is 6.42. The fourth-order valence-corrected chi connectivity index (χ4v) is 3.95. The van der Waals surface area contributed by atoms with Crippen molar-refractivity contribution in [2.75, 3.05) is 5.32 Å². The summed E-state index contributed by atoms with van der Waals surface area (Å²) in [5, 5.41) is 3.47. The molecule has 2 amide bonds. The second-order valence-corrected chi connectivity index (χ2v) is 8.52. The van der Waals surface area contributed by atoms with Crippen LogP contribution in [0.2, 0.25) is 10.0 Å². The van der Waals surface area contributed by atoms with E-state index >= 15 is 0 Å². The Morgan fingerprint density at radius 3 is 2.64 bits per heavy atom. The minimum Gasteiger partial charge on any atom is -0.480 e. The molecule has 0 unspecified atom stereocenters. The number of ether oxygens (including phenoxy) is 1. The van der Waals surface area contributed by atoms with E-state index in [9.17, 15) is 14.0 Å². The maximum atomic E-state index is 14.2. The molecule has 0 aromatic heterocycles. The van der Waals surface area contributed by atoms with Gasteiger partial charge in [0.25, 0.3) is 11.8 Å². The summed E-state index contributed by atoms with van der Waals surface area (Å²) < 4.78 is 20.2. The van der Waals surface area contributed by atoms with Crippen molar-refractivity contribution in [3.8, 4) is 5.75 Å². The first-order valence-electron chi connectivity index (χ1n) is 10.4. The molecule has 4 rings (SSSR count). The summed E-state index contributed by atoms with van der Waals surface area (Å²) in [5.41, 5.74) is 2.02. The van der Waals surface area contributed by atoms with Crippen LogP contribution >= 0.6 is 23.2 Å². The SMILES string of the molecule is CC[C@H]1Oc2ccc(NC(=O)c3ccc(Cl)c(Cl)c3)cc2CN(Cc2ccccc2F)C1=O. The largest absolute Gasteiger partial charge is 0.480 e. The maximum Gasteiger partial charge on any atom is 0.264 e. The monoisotopic (exact) mass is 486 g/mol. The van der Waals surface area contributed by atoms with Crippen LogP contribution in [0.3, 0.4) is 0 Å². The van der Waals surface area contributed by atoms with Gasteiger partial charge in [-0.25, -0.2) is 4.39 Å². The van der Waals surface area contributed by atoms with Gasteiger partial charge in [0.1, 0.15) is 11.6 Å². The Hall–Kier alpha value is -3.09. The van der Waals surface area contributed by atoms with Crippen LogP contribution in [0.1, 0.15) is 34.8 Å². The predicted octanol–water partition coefficient (Wildman–Crippen LogP) is 6.08. The lowest BCUT2D eigenvalue weighted by Crippen LogP contribution is -2.39. The first-order chi connectivity index (χ1) is 15.9. The quantitative estimate of drug-likeness (QED) is 0.474. The van der Waals surface area contributed by atoms with Gasteiger partial charge in [-0.05, 0) is 48.9 Å². The Morgan fingerprint density at radius 2 is 1.91 bits per heavy atom. The molecule has 1 aliphatic heterocycles. The lowest BCUT2D eigenvalue weighted by Gasteiger charge is -2.23. The van der Waals surface area contributed by atoms with Crippen molar-refractivity contribution in [3.63, 3.8) is 0 Å². The molecule has 3 aromatic rings. The number of carbonyl (C=O) groups excluding carboxylic acids is 2. The zero-order chi connectivity index (χ0) is 23.5. The van der Waals surface area contributed by atoms with Crippen molar-refractivity contribution in [1.29, 1.82) is 0 Å². The van der Waals surface area contributed by atoms with Crippen LogP contribution in [0.5, 0.6) is 5.75 Å². The van der Waals surface area contributed by atoms with Gasteiger partial charge in [-0.3, -0.25) is 9.59 Å². The average molecular weight is 487 g/mol. The zero-order valence-corrected chi connectivity index (χ0v) is 19.3. The summed E-state index contributed by atoms with van der Waals surface area (Å²) in [6.45, 7) is 2.20. The fraction of sp³-hybridized carbons (Fsp3) is 0.200. The molecule has 1 aliphatic rings. The first-order valence-corrected chi connectivity index (χ1v) is 11.2. The summed E-state index contributed by atoms with van der Waals surface area (Å²) >= 11 is 11.9. The molecule has 0 aliphatic carbocycles. The van der Waals surface area contributed by atoms with Gasteiger partial charge in [-0.15, -0.1) is 0 Å². The number of rotatable bonds is 5. The van der Waals surface area contributed by atoms with Gasteiger partial charge in [0, 0.05) is 35.5 Å². The molecule has 1 N–H and O–H groups in total. The van der Waals surface area contributed by atoms with Gasteiger partial charge in [0.05, 0.1) is 10.0 Å². The molecule has 3 aromatic carbocycles. The first kappa shape index (κ1) is 23.1.